The van der Waals surface area contributed by atoms with Gasteiger partial charge in [-0.1, -0.05) is 17.7 Å². The highest BCUT2D eigenvalue weighted by atomic mass is 35.5. The number of aromatic amines is 1. The number of nitrogens with one attached hydrogen (secondary N) is 2. The quantitative estimate of drug-likeness (QED) is 0.385. The lowest BCUT2D eigenvalue weighted by molar-refractivity contribution is 0.0135. The maximum atomic E-state index is 15.5. The maximum Gasteiger partial charge on any atom is 0.296 e. The van der Waals surface area contributed by atoms with E-state index in [1.807, 2.05) is 0 Å². The minimum absolute atomic E-state index is 0.0618. The van der Waals surface area contributed by atoms with Crippen molar-refractivity contribution in [1.29, 1.82) is 0 Å². The largest absolute Gasteiger partial charge is 0.461 e. The molecule has 9 rings (SSSR count). The molecule has 0 bridgehead atoms. The third-order valence-electron chi connectivity index (χ3n) is 10.6. The summed E-state index contributed by atoms with van der Waals surface area (Å²) in [5.74, 6) is 1.38. The Kier molecular flexibility index (Phi) is 5.21. The van der Waals surface area contributed by atoms with Crippen LogP contribution in [0.25, 0.3) is 11.2 Å². The van der Waals surface area contributed by atoms with Gasteiger partial charge in [-0.15, -0.1) is 0 Å². The highest BCUT2D eigenvalue weighted by Gasteiger charge is 2.70. The summed E-state index contributed by atoms with van der Waals surface area (Å²) in [7, 11) is 1.72. The number of fused-ring (bicyclic) bond motifs is 5. The van der Waals surface area contributed by atoms with Crippen molar-refractivity contribution >= 4 is 28.6 Å². The van der Waals surface area contributed by atoms with Crippen LogP contribution in [0.4, 0.5) is 10.2 Å². The van der Waals surface area contributed by atoms with Crippen LogP contribution in [-0.2, 0) is 26.0 Å². The van der Waals surface area contributed by atoms with E-state index in [1.54, 1.807) is 19.2 Å². The monoisotopic (exact) mass is 582 g/mol. The number of ether oxygens (including phenoxy) is 4. The molecule has 11 heteroatoms. The second-order valence-electron chi connectivity index (χ2n) is 13.0. The number of aliphatic hydroxyl groups is 1. The summed E-state index contributed by atoms with van der Waals surface area (Å²) in [5.41, 5.74) is 3.85. The molecule has 4 aliphatic carbocycles. The summed E-state index contributed by atoms with van der Waals surface area (Å²) < 4.78 is 38.7. The van der Waals surface area contributed by atoms with Gasteiger partial charge in [0.2, 0.25) is 0 Å². The van der Waals surface area contributed by atoms with E-state index >= 15 is 4.39 Å². The lowest BCUT2D eigenvalue weighted by Gasteiger charge is -2.15. The molecule has 41 heavy (non-hydrogen) atoms. The number of hydrogen-bond donors (Lipinski definition) is 3. The zero-order valence-electron chi connectivity index (χ0n) is 22.7. The molecule has 4 heterocycles. The molecular formula is C30H32ClFN4O5. The van der Waals surface area contributed by atoms with Crippen LogP contribution in [0.3, 0.4) is 0 Å². The molecule has 2 aliphatic heterocycles. The number of halogens is 2. The molecule has 5 fully saturated rings. The summed E-state index contributed by atoms with van der Waals surface area (Å²) in [5, 5.41) is 14.1. The molecule has 9 nitrogen and oxygen atoms in total. The van der Waals surface area contributed by atoms with Crippen molar-refractivity contribution in [2.45, 2.75) is 73.9 Å². The van der Waals surface area contributed by atoms with Gasteiger partial charge in [0.05, 0.1) is 35.3 Å². The minimum Gasteiger partial charge on any atom is -0.461 e. The van der Waals surface area contributed by atoms with Crippen molar-refractivity contribution in [3.05, 3.63) is 45.7 Å². The lowest BCUT2D eigenvalue weighted by Crippen LogP contribution is -2.31. The van der Waals surface area contributed by atoms with Crippen LogP contribution in [-0.4, -0.2) is 77.4 Å². The van der Waals surface area contributed by atoms with Crippen molar-refractivity contribution in [3.8, 4) is 6.01 Å². The van der Waals surface area contributed by atoms with Gasteiger partial charge < -0.3 is 34.4 Å². The van der Waals surface area contributed by atoms with Gasteiger partial charge >= 0.3 is 0 Å². The highest BCUT2D eigenvalue weighted by Crippen LogP contribution is 2.60. The van der Waals surface area contributed by atoms with Gasteiger partial charge in [0.1, 0.15) is 29.9 Å². The summed E-state index contributed by atoms with van der Waals surface area (Å²) in [6.07, 6.45) is 3.39. The van der Waals surface area contributed by atoms with Crippen LogP contribution in [0.1, 0.15) is 48.3 Å². The van der Waals surface area contributed by atoms with Crippen LogP contribution in [0.2, 0.25) is 5.02 Å². The molecule has 9 atom stereocenters. The fraction of sp³-hybridized carbons (Fsp3) is 0.600. The number of aliphatic hydroxyl groups excluding tert-OH is 1. The van der Waals surface area contributed by atoms with Crippen molar-refractivity contribution in [3.63, 3.8) is 0 Å². The number of hydrogen-bond acceptors (Lipinski definition) is 8. The maximum absolute atomic E-state index is 15.5. The van der Waals surface area contributed by atoms with Crippen molar-refractivity contribution < 1.29 is 28.4 Å². The Balaban J connectivity index is 0.910. The van der Waals surface area contributed by atoms with Gasteiger partial charge in [-0.2, -0.15) is 4.98 Å². The molecule has 3 N–H and O–H groups in total. The lowest BCUT2D eigenvalue weighted by atomic mass is 9.94. The second kappa shape index (κ2) is 8.54. The molecule has 6 aliphatic rings. The van der Waals surface area contributed by atoms with Crippen molar-refractivity contribution in [2.75, 3.05) is 32.2 Å². The Morgan fingerprint density at radius 1 is 1.24 bits per heavy atom. The average molecular weight is 583 g/mol. The third-order valence-corrected chi connectivity index (χ3v) is 10.9. The Labute approximate surface area is 241 Å². The number of imidazole rings is 1. The topological polar surface area (TPSA) is 111 Å². The zero-order valence-corrected chi connectivity index (χ0v) is 23.4. The fourth-order valence-electron chi connectivity index (χ4n) is 8.11. The van der Waals surface area contributed by atoms with Crippen LogP contribution in [0.5, 0.6) is 6.01 Å². The minimum atomic E-state index is -0.585. The normalized spacial score (nSPS) is 39.5. The molecule has 1 aromatic carbocycles. The number of nitrogens with zero attached hydrogens (tertiary/aromatic N) is 2. The van der Waals surface area contributed by atoms with E-state index in [4.69, 9.17) is 35.5 Å². The Hall–Kier alpha value is -2.50. The molecule has 0 radical (unpaired) electrons. The van der Waals surface area contributed by atoms with Gasteiger partial charge in [0, 0.05) is 25.2 Å². The van der Waals surface area contributed by atoms with Gasteiger partial charge in [-0.25, -0.2) is 9.37 Å². The first-order valence-electron chi connectivity index (χ1n) is 14.6. The van der Waals surface area contributed by atoms with Crippen molar-refractivity contribution in [1.82, 2.24) is 15.0 Å². The summed E-state index contributed by atoms with van der Waals surface area (Å²) in [4.78, 5) is 12.5. The zero-order chi connectivity index (χ0) is 27.7. The van der Waals surface area contributed by atoms with E-state index in [2.05, 4.69) is 21.4 Å². The van der Waals surface area contributed by atoms with Gasteiger partial charge in [-0.3, -0.25) is 0 Å². The predicted octanol–water partition coefficient (Wildman–Crippen LogP) is 3.86. The van der Waals surface area contributed by atoms with E-state index in [0.29, 0.717) is 53.1 Å². The molecule has 216 valence electrons. The van der Waals surface area contributed by atoms with Crippen LogP contribution in [0, 0.1) is 17.2 Å². The van der Waals surface area contributed by atoms with Crippen LogP contribution >= 0.6 is 11.6 Å². The number of methoxy groups -OCH3 is 1. The number of anilines is 1. The van der Waals surface area contributed by atoms with Crippen molar-refractivity contribution in [2.24, 2.45) is 11.3 Å². The first-order chi connectivity index (χ1) is 19.9. The van der Waals surface area contributed by atoms with E-state index < -0.39 is 6.10 Å². The van der Waals surface area contributed by atoms with Crippen LogP contribution in [0.15, 0.2) is 18.2 Å². The summed E-state index contributed by atoms with van der Waals surface area (Å²) >= 11 is 6.65. The van der Waals surface area contributed by atoms with Gasteiger partial charge in [0.15, 0.2) is 5.65 Å². The molecule has 2 spiro atoms. The second-order valence-corrected chi connectivity index (χ2v) is 13.4. The SMILES string of the molecule is COCC1CC1c1cc(F)c2c(c1)CCC21CC1Nc1nc2nc(O[C@@H]3CC34COC3C4OC[C@H]3O)[nH]c2cc1Cl. The average Bonchev–Trinajstić information content (AvgIpc) is 3.81. The number of aryl methyl sites for hydroxylation is 1. The van der Waals surface area contributed by atoms with E-state index in [1.165, 1.54) is 0 Å². The molecule has 3 aromatic rings. The third kappa shape index (κ3) is 3.67. The molecule has 2 aromatic heterocycles. The molecular weight excluding hydrogens is 551 g/mol. The number of aromatic nitrogens is 3. The van der Waals surface area contributed by atoms with Crippen LogP contribution < -0.4 is 10.1 Å². The van der Waals surface area contributed by atoms with Gasteiger partial charge in [0.25, 0.3) is 6.01 Å². The van der Waals surface area contributed by atoms with E-state index in [-0.39, 0.29) is 41.0 Å². The van der Waals surface area contributed by atoms with E-state index in [9.17, 15) is 5.11 Å². The molecule has 0 amide bonds. The fourth-order valence-corrected chi connectivity index (χ4v) is 8.31. The van der Waals surface area contributed by atoms with E-state index in [0.717, 1.165) is 55.4 Å². The van der Waals surface area contributed by atoms with Gasteiger partial charge in [-0.05, 0) is 72.8 Å². The number of pyridine rings is 1. The Morgan fingerprint density at radius 2 is 2.15 bits per heavy atom. The molecule has 7 unspecified atom stereocenters. The first-order valence-corrected chi connectivity index (χ1v) is 15.0. The summed E-state index contributed by atoms with van der Waals surface area (Å²) in [6.45, 7) is 1.54. The molecule has 2 saturated heterocycles. The summed E-state index contributed by atoms with van der Waals surface area (Å²) in [6, 6.07) is 6.22. The highest BCUT2D eigenvalue weighted by molar-refractivity contribution is 6.33. The smallest absolute Gasteiger partial charge is 0.296 e. The number of H-pyrrole nitrogens is 1. The Morgan fingerprint density at radius 3 is 3.02 bits per heavy atom. The predicted molar refractivity (Wildman–Crippen MR) is 147 cm³/mol. The number of rotatable bonds is 7. The standard InChI is InChI=1S/C30H32ClFN4O5/c1-38-10-15-5-16(15)14-4-13-2-3-29(23(13)18(32)6-14)8-21(29)34-26-17(31)7-19-27(35-26)36-28(33-19)41-22-9-30(22)12-40-24-20(37)11-39-25(24)30/h4,6-7,15-16,20-22,24-25,37H,2-3,5,8-12H2,1H3,(H2,33,34,35,36)/t15?,16?,20-,21?,22-,24?,25?,29?,30?/m1/s1. The number of benzene rings is 1. The first kappa shape index (κ1) is 25.0. The molecule has 3 saturated carbocycles. The Bertz CT molecular complexity index is 1590.